The van der Waals surface area contributed by atoms with Crippen LogP contribution in [0.15, 0.2) is 40.9 Å². The fourth-order valence-electron chi connectivity index (χ4n) is 1.69. The molecule has 0 spiro atoms. The number of aryl methyl sites for hydroxylation is 1. The third-order valence-electron chi connectivity index (χ3n) is 2.35. The normalized spacial score (nSPS) is 11.2. The Balaban J connectivity index is 2.57. The molecule has 1 aromatic carbocycles. The van der Waals surface area contributed by atoms with E-state index in [1.54, 1.807) is 0 Å². The molecular weight excluding hydrogens is 174 g/mol. The summed E-state index contributed by atoms with van der Waals surface area (Å²) in [6.45, 7) is 2.01. The number of aromatic nitrogens is 1. The minimum atomic E-state index is 0.867. The maximum absolute atomic E-state index is 5.67. The lowest BCUT2D eigenvalue weighted by molar-refractivity contribution is 0.667. The SMILES string of the molecule is Cc1cnc2c(c1)oc1ccccc12. The zero-order chi connectivity index (χ0) is 9.54. The van der Waals surface area contributed by atoms with Crippen molar-refractivity contribution < 1.29 is 4.42 Å². The maximum Gasteiger partial charge on any atom is 0.154 e. The van der Waals surface area contributed by atoms with E-state index in [0.29, 0.717) is 0 Å². The van der Waals surface area contributed by atoms with Crippen LogP contribution in [0.3, 0.4) is 0 Å². The highest BCUT2D eigenvalue weighted by atomic mass is 16.3. The molecular formula is C12H9NO. The molecule has 0 fully saturated rings. The number of hydrogen-bond donors (Lipinski definition) is 0. The minimum absolute atomic E-state index is 0.867. The Hall–Kier alpha value is -1.83. The summed E-state index contributed by atoms with van der Waals surface area (Å²) in [5, 5.41) is 1.09. The number of furan rings is 1. The Kier molecular flexibility index (Phi) is 1.39. The number of hydrogen-bond acceptors (Lipinski definition) is 2. The van der Waals surface area contributed by atoms with E-state index >= 15 is 0 Å². The molecule has 14 heavy (non-hydrogen) atoms. The molecule has 0 atom stereocenters. The van der Waals surface area contributed by atoms with Gasteiger partial charge in [0.05, 0.1) is 0 Å². The van der Waals surface area contributed by atoms with Gasteiger partial charge in [0.25, 0.3) is 0 Å². The minimum Gasteiger partial charge on any atom is -0.454 e. The molecule has 0 radical (unpaired) electrons. The molecule has 0 N–H and O–H groups in total. The van der Waals surface area contributed by atoms with Gasteiger partial charge in [-0.25, -0.2) is 0 Å². The fourth-order valence-corrected chi connectivity index (χ4v) is 1.69. The van der Waals surface area contributed by atoms with Crippen LogP contribution >= 0.6 is 0 Å². The summed E-state index contributed by atoms with van der Waals surface area (Å²) in [6.07, 6.45) is 1.87. The van der Waals surface area contributed by atoms with Gasteiger partial charge < -0.3 is 4.42 Å². The van der Waals surface area contributed by atoms with E-state index in [2.05, 4.69) is 4.98 Å². The topological polar surface area (TPSA) is 26.0 Å². The number of pyridine rings is 1. The Labute approximate surface area is 81.2 Å². The molecule has 0 bridgehead atoms. The number of fused-ring (bicyclic) bond motifs is 3. The van der Waals surface area contributed by atoms with Crippen molar-refractivity contribution in [3.63, 3.8) is 0 Å². The molecule has 0 unspecified atom stereocenters. The van der Waals surface area contributed by atoms with Gasteiger partial charge in [-0.15, -0.1) is 0 Å². The van der Waals surface area contributed by atoms with Crippen LogP contribution < -0.4 is 0 Å². The first kappa shape index (κ1) is 7.56. The third-order valence-corrected chi connectivity index (χ3v) is 2.35. The Morgan fingerprint density at radius 1 is 1.14 bits per heavy atom. The monoisotopic (exact) mass is 183 g/mol. The molecule has 2 aromatic heterocycles. The van der Waals surface area contributed by atoms with Crippen molar-refractivity contribution in [2.24, 2.45) is 0 Å². The summed E-state index contributed by atoms with van der Waals surface area (Å²) in [4.78, 5) is 4.38. The van der Waals surface area contributed by atoms with Crippen LogP contribution in [-0.4, -0.2) is 4.98 Å². The predicted molar refractivity (Wildman–Crippen MR) is 56.3 cm³/mol. The highest BCUT2D eigenvalue weighted by molar-refractivity contribution is 6.02. The van der Waals surface area contributed by atoms with Gasteiger partial charge in [-0.05, 0) is 30.7 Å². The van der Waals surface area contributed by atoms with Crippen molar-refractivity contribution in [1.82, 2.24) is 4.98 Å². The molecule has 2 nitrogen and oxygen atoms in total. The van der Waals surface area contributed by atoms with Gasteiger partial charge in [0.2, 0.25) is 0 Å². The largest absolute Gasteiger partial charge is 0.454 e. The van der Waals surface area contributed by atoms with Crippen molar-refractivity contribution in [1.29, 1.82) is 0 Å². The van der Waals surface area contributed by atoms with Crippen LogP contribution in [0.2, 0.25) is 0 Å². The van der Waals surface area contributed by atoms with Crippen LogP contribution in [-0.2, 0) is 0 Å². The van der Waals surface area contributed by atoms with Crippen LogP contribution in [0.5, 0.6) is 0 Å². The van der Waals surface area contributed by atoms with E-state index in [-0.39, 0.29) is 0 Å². The first-order chi connectivity index (χ1) is 6.84. The lowest BCUT2D eigenvalue weighted by atomic mass is 10.2. The molecule has 3 aromatic rings. The van der Waals surface area contributed by atoms with Crippen LogP contribution in [0.4, 0.5) is 0 Å². The van der Waals surface area contributed by atoms with E-state index in [0.717, 1.165) is 27.6 Å². The molecule has 0 aliphatic rings. The van der Waals surface area contributed by atoms with Crippen molar-refractivity contribution in [2.75, 3.05) is 0 Å². The summed E-state index contributed by atoms with van der Waals surface area (Å²) >= 11 is 0. The summed E-state index contributed by atoms with van der Waals surface area (Å²) in [6, 6.07) is 9.98. The molecule has 0 amide bonds. The highest BCUT2D eigenvalue weighted by Crippen LogP contribution is 2.26. The molecule has 68 valence electrons. The smallest absolute Gasteiger partial charge is 0.154 e. The van der Waals surface area contributed by atoms with Crippen LogP contribution in [0.1, 0.15) is 5.56 Å². The highest BCUT2D eigenvalue weighted by Gasteiger charge is 2.06. The third kappa shape index (κ3) is 0.940. The second kappa shape index (κ2) is 2.58. The second-order valence-corrected chi connectivity index (χ2v) is 3.46. The van der Waals surface area contributed by atoms with Crippen LogP contribution in [0, 0.1) is 6.92 Å². The number of para-hydroxylation sites is 1. The van der Waals surface area contributed by atoms with Gasteiger partial charge in [0.15, 0.2) is 5.58 Å². The van der Waals surface area contributed by atoms with Gasteiger partial charge >= 0.3 is 0 Å². The number of rotatable bonds is 0. The lowest BCUT2D eigenvalue weighted by Gasteiger charge is -1.89. The Bertz CT molecular complexity index is 610. The van der Waals surface area contributed by atoms with E-state index in [4.69, 9.17) is 4.42 Å². The maximum atomic E-state index is 5.67. The standard InChI is InChI=1S/C12H9NO/c1-8-6-11-12(13-7-8)9-4-2-3-5-10(9)14-11/h2-7H,1H3. The molecule has 0 aliphatic carbocycles. The zero-order valence-corrected chi connectivity index (χ0v) is 7.82. The molecule has 3 rings (SSSR count). The molecule has 2 heteroatoms. The fraction of sp³-hybridized carbons (Fsp3) is 0.0833. The summed E-state index contributed by atoms with van der Waals surface area (Å²) in [7, 11) is 0. The van der Waals surface area contributed by atoms with Gasteiger partial charge in [-0.1, -0.05) is 12.1 Å². The zero-order valence-electron chi connectivity index (χ0n) is 7.82. The van der Waals surface area contributed by atoms with E-state index in [9.17, 15) is 0 Å². The Morgan fingerprint density at radius 3 is 2.93 bits per heavy atom. The summed E-state index contributed by atoms with van der Waals surface area (Å²) in [5.41, 5.74) is 3.84. The molecule has 0 saturated heterocycles. The van der Waals surface area contributed by atoms with Gasteiger partial charge in [0.1, 0.15) is 11.1 Å². The number of nitrogens with zero attached hydrogens (tertiary/aromatic N) is 1. The average Bonchev–Trinajstić information content (AvgIpc) is 2.54. The van der Waals surface area contributed by atoms with Gasteiger partial charge in [0, 0.05) is 11.6 Å². The van der Waals surface area contributed by atoms with E-state index in [1.165, 1.54) is 0 Å². The molecule has 2 heterocycles. The lowest BCUT2D eigenvalue weighted by Crippen LogP contribution is -1.75. The average molecular weight is 183 g/mol. The van der Waals surface area contributed by atoms with Crippen molar-refractivity contribution in [2.45, 2.75) is 6.92 Å². The van der Waals surface area contributed by atoms with Crippen molar-refractivity contribution in [3.8, 4) is 0 Å². The van der Waals surface area contributed by atoms with Crippen molar-refractivity contribution >= 4 is 22.1 Å². The Morgan fingerprint density at radius 2 is 2.00 bits per heavy atom. The van der Waals surface area contributed by atoms with Gasteiger partial charge in [-0.3, -0.25) is 4.98 Å². The van der Waals surface area contributed by atoms with E-state index < -0.39 is 0 Å². The van der Waals surface area contributed by atoms with Crippen molar-refractivity contribution in [3.05, 3.63) is 42.1 Å². The first-order valence-electron chi connectivity index (χ1n) is 4.58. The van der Waals surface area contributed by atoms with Gasteiger partial charge in [-0.2, -0.15) is 0 Å². The number of benzene rings is 1. The molecule has 0 aliphatic heterocycles. The molecule has 0 saturated carbocycles. The summed E-state index contributed by atoms with van der Waals surface area (Å²) < 4.78 is 5.67. The quantitative estimate of drug-likeness (QED) is 0.534. The predicted octanol–water partition coefficient (Wildman–Crippen LogP) is 3.29. The van der Waals surface area contributed by atoms with E-state index in [1.807, 2.05) is 43.5 Å². The first-order valence-corrected chi connectivity index (χ1v) is 4.58. The summed E-state index contributed by atoms with van der Waals surface area (Å²) in [5.74, 6) is 0. The van der Waals surface area contributed by atoms with Crippen LogP contribution in [0.25, 0.3) is 22.1 Å². The second-order valence-electron chi connectivity index (χ2n) is 3.46.